The average molecular weight is 569 g/mol. The molecular formula is C24H39Cl2N3O6S. The van der Waals surface area contributed by atoms with Gasteiger partial charge in [0, 0.05) is 25.1 Å². The number of nitrogens with zero attached hydrogens (tertiary/aromatic N) is 2. The number of carbonyl (C=O) groups excluding carboxylic acids is 1. The van der Waals surface area contributed by atoms with E-state index in [9.17, 15) is 23.4 Å². The highest BCUT2D eigenvalue weighted by Crippen LogP contribution is 2.42. The predicted octanol–water partition coefficient (Wildman–Crippen LogP) is 2.37. The molecule has 3 aliphatic heterocycles. The average Bonchev–Trinajstić information content (AvgIpc) is 2.97. The van der Waals surface area contributed by atoms with E-state index >= 15 is 0 Å². The monoisotopic (exact) mass is 567 g/mol. The van der Waals surface area contributed by atoms with Crippen LogP contribution in [0.25, 0.3) is 0 Å². The highest BCUT2D eigenvalue weighted by atomic mass is 35.5. The number of nitrogens with two attached hydrogens (primary N) is 1. The van der Waals surface area contributed by atoms with Gasteiger partial charge in [-0.3, -0.25) is 4.79 Å². The molecule has 4 N–H and O–H groups in total. The lowest BCUT2D eigenvalue weighted by Gasteiger charge is -2.40. The number of fused-ring (bicyclic) bond motifs is 1. The van der Waals surface area contributed by atoms with Crippen LogP contribution >= 0.6 is 24.8 Å². The Morgan fingerprint density at radius 3 is 2.33 bits per heavy atom. The Balaban J connectivity index is 0.00000228. The number of amides is 1. The second-order valence-corrected chi connectivity index (χ2v) is 12.8. The van der Waals surface area contributed by atoms with Gasteiger partial charge in [-0.05, 0) is 76.7 Å². The molecule has 3 heterocycles. The number of ether oxygens (including phenoxy) is 1. The molecule has 12 heteroatoms. The summed E-state index contributed by atoms with van der Waals surface area (Å²) in [7, 11) is -3.41. The first-order valence-electron chi connectivity index (χ1n) is 12.2. The highest BCUT2D eigenvalue weighted by molar-refractivity contribution is 7.94. The Hall–Kier alpha value is -1.30. The number of unbranched alkanes of at least 4 members (excludes halogenated alkanes) is 1. The van der Waals surface area contributed by atoms with Crippen molar-refractivity contribution in [1.82, 2.24) is 9.80 Å². The molecule has 4 rings (SSSR count). The van der Waals surface area contributed by atoms with Gasteiger partial charge in [-0.15, -0.1) is 24.8 Å². The zero-order valence-electron chi connectivity index (χ0n) is 20.9. The smallest absolute Gasteiger partial charge is 0.244 e. The zero-order valence-corrected chi connectivity index (χ0v) is 23.3. The first-order chi connectivity index (χ1) is 16.0. The molecule has 1 amide bonds. The Labute approximate surface area is 226 Å². The molecule has 2 saturated heterocycles. The van der Waals surface area contributed by atoms with Crippen LogP contribution < -0.4 is 5.73 Å². The van der Waals surface area contributed by atoms with Gasteiger partial charge in [0.2, 0.25) is 5.91 Å². The van der Waals surface area contributed by atoms with E-state index in [-0.39, 0.29) is 60.3 Å². The first-order valence-corrected chi connectivity index (χ1v) is 13.8. The summed E-state index contributed by atoms with van der Waals surface area (Å²) in [5.41, 5.74) is 7.54. The number of hydrogen-bond donors (Lipinski definition) is 3. The van der Waals surface area contributed by atoms with Gasteiger partial charge < -0.3 is 30.5 Å². The fourth-order valence-electron chi connectivity index (χ4n) is 5.44. The van der Waals surface area contributed by atoms with Gasteiger partial charge in [0.05, 0.1) is 12.2 Å². The van der Waals surface area contributed by atoms with Crippen LogP contribution in [0.4, 0.5) is 0 Å². The van der Waals surface area contributed by atoms with Crippen molar-refractivity contribution >= 4 is 40.6 Å². The Bertz CT molecular complexity index is 1030. The third kappa shape index (κ3) is 5.89. The van der Waals surface area contributed by atoms with E-state index in [4.69, 9.17) is 10.5 Å². The van der Waals surface area contributed by atoms with Crippen molar-refractivity contribution in [3.8, 4) is 11.5 Å². The van der Waals surface area contributed by atoms with E-state index in [2.05, 4.69) is 4.90 Å². The van der Waals surface area contributed by atoms with E-state index in [0.29, 0.717) is 25.4 Å². The summed E-state index contributed by atoms with van der Waals surface area (Å²) >= 11 is 0. The van der Waals surface area contributed by atoms with E-state index in [0.717, 1.165) is 56.4 Å². The Morgan fingerprint density at radius 1 is 1.11 bits per heavy atom. The summed E-state index contributed by atoms with van der Waals surface area (Å²) in [6.07, 6.45) is 3.90. The van der Waals surface area contributed by atoms with Crippen LogP contribution in [0.1, 0.15) is 56.8 Å². The molecule has 0 aromatic heterocycles. The number of hydrogen-bond acceptors (Lipinski definition) is 8. The predicted molar refractivity (Wildman–Crippen MR) is 143 cm³/mol. The molecular weight excluding hydrogens is 529 g/mol. The van der Waals surface area contributed by atoms with Crippen molar-refractivity contribution in [2.24, 2.45) is 11.7 Å². The molecule has 1 aromatic rings. The first kappa shape index (κ1) is 30.9. The molecule has 0 spiro atoms. The number of benzene rings is 1. The van der Waals surface area contributed by atoms with Crippen LogP contribution in [0.15, 0.2) is 12.1 Å². The number of phenolic OH excluding ortho intramolecular Hbond substituents is 2. The fourth-order valence-corrected chi connectivity index (χ4v) is 6.82. The minimum atomic E-state index is -3.41. The Kier molecular flexibility index (Phi) is 10.3. The zero-order chi connectivity index (χ0) is 24.7. The van der Waals surface area contributed by atoms with Crippen molar-refractivity contribution in [3.63, 3.8) is 0 Å². The molecule has 2 atom stereocenters. The van der Waals surface area contributed by atoms with Gasteiger partial charge >= 0.3 is 0 Å². The summed E-state index contributed by atoms with van der Waals surface area (Å²) in [6, 6.07) is 3.27. The van der Waals surface area contributed by atoms with E-state index < -0.39 is 14.6 Å². The summed E-state index contributed by atoms with van der Waals surface area (Å²) in [4.78, 5) is 16.3. The third-order valence-electron chi connectivity index (χ3n) is 7.82. The minimum absolute atomic E-state index is 0. The number of rotatable bonds is 7. The molecule has 3 aliphatic rings. The SMILES string of the molecule is CC1(C)C(=O)N(CCCCN2CCC([C@@H]3Cc4c(ccc(O)c4O)[C@H](CN)O3)CC2)CS1(=O)=O.Cl.Cl. The van der Waals surface area contributed by atoms with Crippen LogP contribution in [-0.2, 0) is 25.8 Å². The molecule has 0 aliphatic carbocycles. The van der Waals surface area contributed by atoms with Crippen LogP contribution in [0.3, 0.4) is 0 Å². The number of piperidine rings is 1. The minimum Gasteiger partial charge on any atom is -0.504 e. The molecule has 1 aromatic carbocycles. The molecule has 0 saturated carbocycles. The molecule has 0 unspecified atom stereocenters. The van der Waals surface area contributed by atoms with Crippen molar-refractivity contribution < 1.29 is 28.2 Å². The maximum Gasteiger partial charge on any atom is 0.244 e. The van der Waals surface area contributed by atoms with Gasteiger partial charge in [0.15, 0.2) is 21.3 Å². The lowest BCUT2D eigenvalue weighted by Crippen LogP contribution is -2.42. The quantitative estimate of drug-likeness (QED) is 0.337. The standard InChI is InChI=1S/C24H37N3O6S.2ClH/c1-24(2)23(30)27(15-34(24,31)32)10-4-3-9-26-11-7-16(8-12-26)20-13-18-17(21(14-25)33-20)5-6-19(28)22(18)29;;/h5-6,16,20-21,28-29H,3-4,7-15,25H2,1-2H3;2*1H/t20-,21-;;/m0../s1. The van der Waals surface area contributed by atoms with Crippen LogP contribution in [-0.4, -0.2) is 83.8 Å². The van der Waals surface area contributed by atoms with Gasteiger partial charge in [-0.25, -0.2) is 8.42 Å². The number of aromatic hydroxyl groups is 2. The molecule has 2 fully saturated rings. The van der Waals surface area contributed by atoms with E-state index in [1.807, 2.05) is 0 Å². The Morgan fingerprint density at radius 2 is 1.75 bits per heavy atom. The normalized spacial score (nSPS) is 25.6. The van der Waals surface area contributed by atoms with Gasteiger partial charge in [-0.2, -0.15) is 0 Å². The van der Waals surface area contributed by atoms with Crippen LogP contribution in [0, 0.1) is 5.92 Å². The molecule has 0 radical (unpaired) electrons. The van der Waals surface area contributed by atoms with Gasteiger partial charge in [0.25, 0.3) is 0 Å². The fraction of sp³-hybridized carbons (Fsp3) is 0.708. The molecule has 206 valence electrons. The van der Waals surface area contributed by atoms with Gasteiger partial charge in [0.1, 0.15) is 10.6 Å². The van der Waals surface area contributed by atoms with Gasteiger partial charge in [-0.1, -0.05) is 6.07 Å². The van der Waals surface area contributed by atoms with E-state index in [1.54, 1.807) is 6.07 Å². The largest absolute Gasteiger partial charge is 0.504 e. The second kappa shape index (κ2) is 12.0. The van der Waals surface area contributed by atoms with Crippen LogP contribution in [0.5, 0.6) is 11.5 Å². The summed E-state index contributed by atoms with van der Waals surface area (Å²) in [5, 5.41) is 20.3. The van der Waals surface area contributed by atoms with Crippen molar-refractivity contribution in [3.05, 3.63) is 23.3 Å². The highest BCUT2D eigenvalue weighted by Gasteiger charge is 2.51. The van der Waals surface area contributed by atoms with Crippen molar-refractivity contribution in [2.75, 3.05) is 38.6 Å². The second-order valence-electron chi connectivity index (χ2n) is 10.3. The maximum absolute atomic E-state index is 12.4. The number of likely N-dealkylation sites (tertiary alicyclic amines) is 1. The summed E-state index contributed by atoms with van der Waals surface area (Å²) in [5.74, 6) is -0.283. The third-order valence-corrected chi connectivity index (χ3v) is 10.2. The molecule has 36 heavy (non-hydrogen) atoms. The topological polar surface area (TPSA) is 133 Å². The van der Waals surface area contributed by atoms with Crippen LogP contribution in [0.2, 0.25) is 0 Å². The number of sulfone groups is 1. The summed E-state index contributed by atoms with van der Waals surface area (Å²) < 4.78 is 29.3. The van der Waals surface area contributed by atoms with Crippen molar-refractivity contribution in [1.29, 1.82) is 0 Å². The lowest BCUT2D eigenvalue weighted by atomic mass is 9.83. The summed E-state index contributed by atoms with van der Waals surface area (Å²) in [6.45, 7) is 6.59. The molecule has 0 bridgehead atoms. The van der Waals surface area contributed by atoms with E-state index in [1.165, 1.54) is 24.8 Å². The van der Waals surface area contributed by atoms with Crippen molar-refractivity contribution in [2.45, 2.75) is 62.9 Å². The number of phenols is 2. The lowest BCUT2D eigenvalue weighted by molar-refractivity contribution is -0.130. The molecule has 9 nitrogen and oxygen atoms in total. The number of carbonyl (C=O) groups is 1. The number of halogens is 2. The maximum atomic E-state index is 12.4.